The lowest BCUT2D eigenvalue weighted by atomic mass is 10.1. The molecule has 0 amide bonds. The van der Waals surface area contributed by atoms with Gasteiger partial charge in [0.15, 0.2) is 0 Å². The third kappa shape index (κ3) is 3.23. The molecule has 0 aliphatic heterocycles. The van der Waals surface area contributed by atoms with Gasteiger partial charge in [-0.25, -0.2) is 0 Å². The van der Waals surface area contributed by atoms with Gasteiger partial charge in [0.05, 0.1) is 5.52 Å². The average molecular weight is 343 g/mol. The zero-order chi connectivity index (χ0) is 14.7. The predicted molar refractivity (Wildman–Crippen MR) is 88.1 cm³/mol. The maximum absolute atomic E-state index is 5.85. The van der Waals surface area contributed by atoms with Crippen LogP contribution in [0, 0.1) is 0 Å². The van der Waals surface area contributed by atoms with Gasteiger partial charge in [-0.15, -0.1) is 0 Å². The molecule has 3 nitrogen and oxygen atoms in total. The Labute approximate surface area is 131 Å². The molecular formula is C17H15BrN2O. The Balaban J connectivity index is 1.77. The third-order valence-electron chi connectivity index (χ3n) is 3.32. The van der Waals surface area contributed by atoms with Gasteiger partial charge in [-0.05, 0) is 29.8 Å². The van der Waals surface area contributed by atoms with Gasteiger partial charge in [0.25, 0.3) is 0 Å². The van der Waals surface area contributed by atoms with Crippen LogP contribution in [-0.4, -0.2) is 4.98 Å². The fraction of sp³-hybridized carbons (Fsp3) is 0.118. The quantitative estimate of drug-likeness (QED) is 0.778. The number of nitrogens with zero attached hydrogens (tertiary/aromatic N) is 1. The molecule has 3 aromatic rings. The van der Waals surface area contributed by atoms with Gasteiger partial charge in [0, 0.05) is 34.2 Å². The molecule has 0 fully saturated rings. The lowest BCUT2D eigenvalue weighted by Gasteiger charge is -2.09. The Bertz CT molecular complexity index is 774. The minimum absolute atomic E-state index is 0.504. The number of hydrogen-bond donors (Lipinski definition) is 1. The summed E-state index contributed by atoms with van der Waals surface area (Å²) in [6.45, 7) is 1.04. The molecule has 0 radical (unpaired) electrons. The number of benzene rings is 2. The first-order valence-electron chi connectivity index (χ1n) is 6.71. The molecule has 0 unspecified atom stereocenters. The summed E-state index contributed by atoms with van der Waals surface area (Å²) in [4.78, 5) is 4.33. The lowest BCUT2D eigenvalue weighted by molar-refractivity contribution is 0.306. The van der Waals surface area contributed by atoms with Crippen LogP contribution in [0.15, 0.2) is 59.2 Å². The molecule has 1 heterocycles. The Morgan fingerprint density at radius 2 is 2.00 bits per heavy atom. The van der Waals surface area contributed by atoms with Gasteiger partial charge in [-0.2, -0.15) is 0 Å². The lowest BCUT2D eigenvalue weighted by Crippen LogP contribution is -2.00. The fourth-order valence-electron chi connectivity index (χ4n) is 2.13. The fourth-order valence-corrected chi connectivity index (χ4v) is 2.67. The molecule has 21 heavy (non-hydrogen) atoms. The summed E-state index contributed by atoms with van der Waals surface area (Å²) >= 11 is 3.55. The molecule has 0 bridgehead atoms. The highest BCUT2D eigenvalue weighted by molar-refractivity contribution is 9.10. The van der Waals surface area contributed by atoms with E-state index in [0.29, 0.717) is 13.2 Å². The van der Waals surface area contributed by atoms with E-state index in [-0.39, 0.29) is 0 Å². The van der Waals surface area contributed by atoms with Crippen molar-refractivity contribution in [2.75, 3.05) is 0 Å². The van der Waals surface area contributed by atoms with E-state index in [2.05, 4.69) is 20.9 Å². The van der Waals surface area contributed by atoms with Crippen LogP contribution in [0.4, 0.5) is 0 Å². The van der Waals surface area contributed by atoms with Crippen molar-refractivity contribution in [1.29, 1.82) is 0 Å². The zero-order valence-electron chi connectivity index (χ0n) is 11.4. The van der Waals surface area contributed by atoms with E-state index in [0.717, 1.165) is 32.3 Å². The summed E-state index contributed by atoms with van der Waals surface area (Å²) in [5.74, 6) is 0.816. The number of rotatable bonds is 4. The molecule has 3 rings (SSSR count). The van der Waals surface area contributed by atoms with Gasteiger partial charge in [-0.3, -0.25) is 4.98 Å². The van der Waals surface area contributed by atoms with Gasteiger partial charge in [0.1, 0.15) is 12.4 Å². The van der Waals surface area contributed by atoms with Crippen LogP contribution in [0.1, 0.15) is 11.1 Å². The maximum Gasteiger partial charge on any atom is 0.122 e. The SMILES string of the molecule is NCc1ccc(COc2ccc3cccnc3c2)c(Br)c1. The summed E-state index contributed by atoms with van der Waals surface area (Å²) in [6, 6.07) is 16.0. The molecule has 1 aromatic heterocycles. The Morgan fingerprint density at radius 3 is 2.81 bits per heavy atom. The number of halogens is 1. The topological polar surface area (TPSA) is 48.1 Å². The molecule has 4 heteroatoms. The second kappa shape index (κ2) is 6.24. The summed E-state index contributed by atoms with van der Waals surface area (Å²) in [5, 5.41) is 1.11. The standard InChI is InChI=1S/C17H15BrN2O/c18-16-8-12(10-19)3-4-14(16)11-21-15-6-5-13-2-1-7-20-17(13)9-15/h1-9H,10-11,19H2. The first-order chi connectivity index (χ1) is 10.3. The van der Waals surface area contributed by atoms with Crippen LogP contribution in [-0.2, 0) is 13.2 Å². The molecule has 2 aromatic carbocycles. The van der Waals surface area contributed by atoms with Crippen molar-refractivity contribution in [2.24, 2.45) is 5.73 Å². The van der Waals surface area contributed by atoms with Crippen LogP contribution in [0.25, 0.3) is 10.9 Å². The summed E-state index contributed by atoms with van der Waals surface area (Å²) in [6.07, 6.45) is 1.79. The van der Waals surface area contributed by atoms with Crippen molar-refractivity contribution in [3.63, 3.8) is 0 Å². The molecule has 0 aliphatic rings. The summed E-state index contributed by atoms with van der Waals surface area (Å²) in [7, 11) is 0. The number of hydrogen-bond acceptors (Lipinski definition) is 3. The van der Waals surface area contributed by atoms with E-state index < -0.39 is 0 Å². The summed E-state index contributed by atoms with van der Waals surface area (Å²) in [5.41, 5.74) is 8.75. The largest absolute Gasteiger partial charge is 0.489 e. The Hall–Kier alpha value is -1.91. The minimum Gasteiger partial charge on any atom is -0.489 e. The van der Waals surface area contributed by atoms with Crippen molar-refractivity contribution < 1.29 is 4.74 Å². The second-order valence-electron chi connectivity index (χ2n) is 4.78. The second-order valence-corrected chi connectivity index (χ2v) is 5.63. The van der Waals surface area contributed by atoms with Gasteiger partial charge in [-0.1, -0.05) is 34.1 Å². The normalized spacial score (nSPS) is 10.8. The van der Waals surface area contributed by atoms with Gasteiger partial charge >= 0.3 is 0 Å². The minimum atomic E-state index is 0.504. The average Bonchev–Trinajstić information content (AvgIpc) is 2.53. The van der Waals surface area contributed by atoms with Gasteiger partial charge in [0.2, 0.25) is 0 Å². The molecule has 0 atom stereocenters. The van der Waals surface area contributed by atoms with E-state index in [4.69, 9.17) is 10.5 Å². The molecule has 0 saturated heterocycles. The van der Waals surface area contributed by atoms with Crippen LogP contribution in [0.5, 0.6) is 5.75 Å². The van der Waals surface area contributed by atoms with Gasteiger partial charge < -0.3 is 10.5 Å². The van der Waals surface area contributed by atoms with Crippen LogP contribution in [0.2, 0.25) is 0 Å². The zero-order valence-corrected chi connectivity index (χ0v) is 13.0. The molecule has 0 aliphatic carbocycles. The molecular weight excluding hydrogens is 328 g/mol. The third-order valence-corrected chi connectivity index (χ3v) is 4.06. The molecule has 106 valence electrons. The smallest absolute Gasteiger partial charge is 0.122 e. The van der Waals surface area contributed by atoms with Crippen molar-refractivity contribution in [3.05, 3.63) is 70.3 Å². The Kier molecular flexibility index (Phi) is 4.18. The van der Waals surface area contributed by atoms with Crippen molar-refractivity contribution >= 4 is 26.8 Å². The number of pyridine rings is 1. The van der Waals surface area contributed by atoms with E-state index >= 15 is 0 Å². The van der Waals surface area contributed by atoms with Crippen LogP contribution >= 0.6 is 15.9 Å². The number of ether oxygens (including phenoxy) is 1. The highest BCUT2D eigenvalue weighted by Gasteiger charge is 2.03. The van der Waals surface area contributed by atoms with Crippen molar-refractivity contribution in [2.45, 2.75) is 13.2 Å². The van der Waals surface area contributed by atoms with Crippen LogP contribution in [0.3, 0.4) is 0 Å². The van der Waals surface area contributed by atoms with E-state index in [1.165, 1.54) is 0 Å². The number of nitrogens with two attached hydrogens (primary N) is 1. The summed E-state index contributed by atoms with van der Waals surface area (Å²) < 4.78 is 6.87. The van der Waals surface area contributed by atoms with Crippen molar-refractivity contribution in [1.82, 2.24) is 4.98 Å². The highest BCUT2D eigenvalue weighted by Crippen LogP contribution is 2.23. The first kappa shape index (κ1) is 14.0. The molecule has 0 saturated carbocycles. The first-order valence-corrected chi connectivity index (χ1v) is 7.50. The Morgan fingerprint density at radius 1 is 1.10 bits per heavy atom. The highest BCUT2D eigenvalue weighted by atomic mass is 79.9. The van der Waals surface area contributed by atoms with E-state index in [1.54, 1.807) is 6.20 Å². The van der Waals surface area contributed by atoms with E-state index in [9.17, 15) is 0 Å². The number of aromatic nitrogens is 1. The molecule has 2 N–H and O–H groups in total. The predicted octanol–water partition coefficient (Wildman–Crippen LogP) is 4.04. The van der Waals surface area contributed by atoms with E-state index in [1.807, 2.05) is 48.5 Å². The number of fused-ring (bicyclic) bond motifs is 1. The molecule has 0 spiro atoms. The van der Waals surface area contributed by atoms with Crippen molar-refractivity contribution in [3.8, 4) is 5.75 Å². The van der Waals surface area contributed by atoms with Crippen LogP contribution < -0.4 is 10.5 Å². The maximum atomic E-state index is 5.85. The monoisotopic (exact) mass is 342 g/mol.